The van der Waals surface area contributed by atoms with Gasteiger partial charge in [-0.3, -0.25) is 4.79 Å². The van der Waals surface area contributed by atoms with Crippen LogP contribution in [0.15, 0.2) is 12.2 Å². The Bertz CT molecular complexity index is 264. The van der Waals surface area contributed by atoms with Crippen LogP contribution in [-0.2, 0) is 9.53 Å². The molecule has 0 aromatic carbocycles. The molecule has 0 aromatic heterocycles. The highest BCUT2D eigenvalue weighted by Gasteiger charge is 2.42. The third-order valence-electron chi connectivity index (χ3n) is 2.71. The van der Waals surface area contributed by atoms with Crippen LogP contribution in [0.2, 0.25) is 0 Å². The van der Waals surface area contributed by atoms with Gasteiger partial charge in [-0.15, -0.1) is 0 Å². The molecule has 0 heterocycles. The molecule has 0 fully saturated rings. The van der Waals surface area contributed by atoms with Crippen molar-refractivity contribution in [1.82, 2.24) is 0 Å². The first-order valence-corrected chi connectivity index (χ1v) is 4.77. The minimum absolute atomic E-state index is 0.167. The molecule has 14 heavy (non-hydrogen) atoms. The summed E-state index contributed by atoms with van der Waals surface area (Å²) in [6, 6.07) is 0. The fraction of sp³-hybridized carbons (Fsp3) is 0.727. The molecule has 0 saturated heterocycles. The molecule has 0 spiro atoms. The smallest absolute Gasteiger partial charge is 0.167 e. The Morgan fingerprint density at radius 3 is 2.57 bits per heavy atom. The number of Topliss-reactive ketones (excluding diaryl/α,β-unsaturated/α-hetero) is 1. The quantitative estimate of drug-likeness (QED) is 0.646. The average Bonchev–Trinajstić information content (AvgIpc) is 2.09. The molecule has 0 saturated carbocycles. The fourth-order valence-electron chi connectivity index (χ4n) is 1.65. The number of ketones is 1. The predicted octanol–water partition coefficient (Wildman–Crippen LogP) is 1.31. The molecule has 1 N–H and O–H groups in total. The minimum Gasteiger partial charge on any atom is -0.379 e. The van der Waals surface area contributed by atoms with Crippen molar-refractivity contribution < 1.29 is 14.6 Å². The zero-order valence-corrected chi connectivity index (χ0v) is 9.20. The van der Waals surface area contributed by atoms with Crippen LogP contribution in [0.5, 0.6) is 0 Å². The molecule has 3 heteroatoms. The lowest BCUT2D eigenvalue weighted by atomic mass is 9.85. The summed E-state index contributed by atoms with van der Waals surface area (Å²) in [5.74, 6) is -0.167. The summed E-state index contributed by atoms with van der Waals surface area (Å²) in [5.41, 5.74) is -1.60. The molecule has 1 rings (SSSR count). The first kappa shape index (κ1) is 11.4. The van der Waals surface area contributed by atoms with Gasteiger partial charge in [-0.25, -0.2) is 0 Å². The summed E-state index contributed by atoms with van der Waals surface area (Å²) < 4.78 is 5.09. The van der Waals surface area contributed by atoms with Gasteiger partial charge in [0.2, 0.25) is 0 Å². The van der Waals surface area contributed by atoms with Crippen molar-refractivity contribution in [1.29, 1.82) is 0 Å². The monoisotopic (exact) mass is 198 g/mol. The second kappa shape index (κ2) is 3.48. The van der Waals surface area contributed by atoms with Crippen LogP contribution in [0.3, 0.4) is 0 Å². The van der Waals surface area contributed by atoms with E-state index in [9.17, 15) is 9.90 Å². The zero-order valence-electron chi connectivity index (χ0n) is 9.20. The largest absolute Gasteiger partial charge is 0.379 e. The number of rotatable bonds is 1. The van der Waals surface area contributed by atoms with Crippen LogP contribution >= 0.6 is 0 Å². The summed E-state index contributed by atoms with van der Waals surface area (Å²) in [7, 11) is 1.50. The van der Waals surface area contributed by atoms with Crippen molar-refractivity contribution in [3.63, 3.8) is 0 Å². The van der Waals surface area contributed by atoms with Crippen LogP contribution in [0.1, 0.15) is 27.2 Å². The zero-order chi connectivity index (χ0) is 11.0. The van der Waals surface area contributed by atoms with E-state index >= 15 is 0 Å². The molecule has 3 nitrogen and oxygen atoms in total. The van der Waals surface area contributed by atoms with Gasteiger partial charge in [-0.05, 0) is 12.3 Å². The Hall–Kier alpha value is -0.670. The maximum atomic E-state index is 11.8. The average molecular weight is 198 g/mol. The molecular weight excluding hydrogens is 180 g/mol. The van der Waals surface area contributed by atoms with E-state index in [1.807, 2.05) is 19.9 Å². The van der Waals surface area contributed by atoms with E-state index in [1.54, 1.807) is 6.08 Å². The van der Waals surface area contributed by atoms with Crippen LogP contribution in [0.25, 0.3) is 0 Å². The molecule has 0 amide bonds. The third kappa shape index (κ3) is 2.04. The number of methoxy groups -OCH3 is 1. The molecule has 0 aromatic rings. The highest BCUT2D eigenvalue weighted by Crippen LogP contribution is 2.32. The lowest BCUT2D eigenvalue weighted by Crippen LogP contribution is -2.46. The Balaban J connectivity index is 3.03. The third-order valence-corrected chi connectivity index (χ3v) is 2.71. The van der Waals surface area contributed by atoms with E-state index in [1.165, 1.54) is 14.0 Å². The van der Waals surface area contributed by atoms with Crippen molar-refractivity contribution in [3.05, 3.63) is 12.2 Å². The Morgan fingerprint density at radius 1 is 1.50 bits per heavy atom. The van der Waals surface area contributed by atoms with E-state index < -0.39 is 11.7 Å². The van der Waals surface area contributed by atoms with Gasteiger partial charge in [-0.1, -0.05) is 26.0 Å². The number of aliphatic hydroxyl groups is 1. The van der Waals surface area contributed by atoms with Gasteiger partial charge in [0.05, 0.1) is 0 Å². The van der Waals surface area contributed by atoms with Crippen molar-refractivity contribution in [2.75, 3.05) is 7.11 Å². The molecule has 80 valence electrons. The number of carbonyl (C=O) groups is 1. The molecule has 0 radical (unpaired) electrons. The van der Waals surface area contributed by atoms with Crippen LogP contribution < -0.4 is 0 Å². The van der Waals surface area contributed by atoms with E-state index in [-0.39, 0.29) is 11.2 Å². The maximum absolute atomic E-state index is 11.8. The number of ether oxygens (including phenoxy) is 1. The van der Waals surface area contributed by atoms with Gasteiger partial charge in [0, 0.05) is 13.5 Å². The molecule has 2 atom stereocenters. The lowest BCUT2D eigenvalue weighted by Gasteiger charge is -2.27. The van der Waals surface area contributed by atoms with E-state index in [0.717, 1.165) is 0 Å². The second-order valence-electron chi connectivity index (χ2n) is 4.75. The summed E-state index contributed by atoms with van der Waals surface area (Å²) in [5, 5.41) is 9.99. The van der Waals surface area contributed by atoms with Crippen LogP contribution in [-0.4, -0.2) is 29.7 Å². The standard InChI is InChI=1S/C11H18O3/c1-10(2)6-5-9(14-4)11(3,13)8(12)7-10/h5-6,9,13H,7H2,1-4H3/t9-,11-/m1/s1. The van der Waals surface area contributed by atoms with Gasteiger partial charge in [0.1, 0.15) is 11.7 Å². The van der Waals surface area contributed by atoms with Gasteiger partial charge in [0.15, 0.2) is 5.78 Å². The molecule has 0 aliphatic heterocycles. The lowest BCUT2D eigenvalue weighted by molar-refractivity contribution is -0.146. The molecule has 0 unspecified atom stereocenters. The van der Waals surface area contributed by atoms with Crippen molar-refractivity contribution in [3.8, 4) is 0 Å². The first-order chi connectivity index (χ1) is 6.29. The number of carbonyl (C=O) groups excluding carboxylic acids is 1. The van der Waals surface area contributed by atoms with E-state index in [0.29, 0.717) is 6.42 Å². The molecular formula is C11H18O3. The summed E-state index contributed by atoms with van der Waals surface area (Å²) in [4.78, 5) is 11.8. The van der Waals surface area contributed by atoms with Crippen LogP contribution in [0.4, 0.5) is 0 Å². The molecule has 1 aliphatic carbocycles. The highest BCUT2D eigenvalue weighted by molar-refractivity contribution is 5.88. The number of hydrogen-bond acceptors (Lipinski definition) is 3. The Labute approximate surface area is 84.8 Å². The van der Waals surface area contributed by atoms with Crippen molar-refractivity contribution >= 4 is 5.78 Å². The first-order valence-electron chi connectivity index (χ1n) is 4.77. The summed E-state index contributed by atoms with van der Waals surface area (Å²) >= 11 is 0. The Morgan fingerprint density at radius 2 is 2.07 bits per heavy atom. The van der Waals surface area contributed by atoms with Crippen molar-refractivity contribution in [2.24, 2.45) is 5.41 Å². The molecule has 1 aliphatic rings. The van der Waals surface area contributed by atoms with E-state index in [2.05, 4.69) is 0 Å². The summed E-state index contributed by atoms with van der Waals surface area (Å²) in [6.07, 6.45) is 3.50. The van der Waals surface area contributed by atoms with Gasteiger partial charge in [-0.2, -0.15) is 0 Å². The predicted molar refractivity (Wildman–Crippen MR) is 54.0 cm³/mol. The number of hydrogen-bond donors (Lipinski definition) is 1. The summed E-state index contributed by atoms with van der Waals surface area (Å²) in [6.45, 7) is 5.44. The van der Waals surface area contributed by atoms with Crippen molar-refractivity contribution in [2.45, 2.75) is 38.9 Å². The fourth-order valence-corrected chi connectivity index (χ4v) is 1.65. The van der Waals surface area contributed by atoms with Gasteiger partial charge in [0.25, 0.3) is 0 Å². The number of allylic oxidation sites excluding steroid dienone is 1. The van der Waals surface area contributed by atoms with Gasteiger partial charge >= 0.3 is 0 Å². The highest BCUT2D eigenvalue weighted by atomic mass is 16.5. The maximum Gasteiger partial charge on any atom is 0.167 e. The SMILES string of the molecule is CO[C@@H]1C=CC(C)(C)CC(=O)[C@@]1(C)O. The van der Waals surface area contributed by atoms with E-state index in [4.69, 9.17) is 4.74 Å². The second-order valence-corrected chi connectivity index (χ2v) is 4.75. The normalized spacial score (nSPS) is 36.9. The molecule has 0 bridgehead atoms. The topological polar surface area (TPSA) is 46.5 Å². The van der Waals surface area contributed by atoms with Gasteiger partial charge < -0.3 is 9.84 Å². The van der Waals surface area contributed by atoms with Crippen LogP contribution in [0, 0.1) is 5.41 Å². The minimum atomic E-state index is -1.40. The Kier molecular flexibility index (Phi) is 2.83.